The van der Waals surface area contributed by atoms with Crippen molar-refractivity contribution in [2.24, 2.45) is 11.8 Å². The predicted octanol–water partition coefficient (Wildman–Crippen LogP) is 5.09. The monoisotopic (exact) mass is 496 g/mol. The van der Waals surface area contributed by atoms with Crippen molar-refractivity contribution in [2.75, 3.05) is 19.6 Å². The van der Waals surface area contributed by atoms with Crippen LogP contribution in [0, 0.1) is 18.8 Å². The molecule has 4 aliphatic rings. The van der Waals surface area contributed by atoms with Crippen molar-refractivity contribution in [3.8, 4) is 11.3 Å². The van der Waals surface area contributed by atoms with Crippen LogP contribution in [0.15, 0.2) is 34.8 Å². The van der Waals surface area contributed by atoms with Crippen LogP contribution in [0.4, 0.5) is 0 Å². The van der Waals surface area contributed by atoms with Gasteiger partial charge in [0.2, 0.25) is 5.91 Å². The summed E-state index contributed by atoms with van der Waals surface area (Å²) in [7, 11) is 0. The highest BCUT2D eigenvalue weighted by atomic mass is 79.9. The first-order valence-electron chi connectivity index (χ1n) is 12.2. The molecular formula is C26H33BrN4O. The van der Waals surface area contributed by atoms with Crippen LogP contribution < -0.4 is 5.32 Å². The van der Waals surface area contributed by atoms with Gasteiger partial charge in [-0.3, -0.25) is 9.69 Å². The van der Waals surface area contributed by atoms with Crippen molar-refractivity contribution in [1.29, 1.82) is 0 Å². The number of nitrogens with one attached hydrogen (secondary N) is 1. The van der Waals surface area contributed by atoms with Gasteiger partial charge in [0.25, 0.3) is 0 Å². The summed E-state index contributed by atoms with van der Waals surface area (Å²) in [5, 5.41) is 3.30. The Bertz CT molecular complexity index is 974. The molecule has 1 aliphatic carbocycles. The van der Waals surface area contributed by atoms with Gasteiger partial charge in [-0.25, -0.2) is 9.97 Å². The van der Waals surface area contributed by atoms with Gasteiger partial charge in [0.15, 0.2) is 0 Å². The summed E-state index contributed by atoms with van der Waals surface area (Å²) in [5.74, 6) is 2.43. The van der Waals surface area contributed by atoms with E-state index in [4.69, 9.17) is 9.97 Å². The minimum absolute atomic E-state index is 0.243. The van der Waals surface area contributed by atoms with Crippen molar-refractivity contribution >= 4 is 21.8 Å². The molecule has 0 radical (unpaired) electrons. The second-order valence-corrected chi connectivity index (χ2v) is 10.7. The number of rotatable bonds is 5. The Morgan fingerprint density at radius 2 is 1.97 bits per heavy atom. The van der Waals surface area contributed by atoms with E-state index in [0.29, 0.717) is 17.9 Å². The van der Waals surface area contributed by atoms with Gasteiger partial charge in [-0.2, -0.15) is 0 Å². The first-order valence-corrected chi connectivity index (χ1v) is 13.0. The molecule has 170 valence electrons. The van der Waals surface area contributed by atoms with E-state index in [9.17, 15) is 4.79 Å². The summed E-state index contributed by atoms with van der Waals surface area (Å²) in [6.45, 7) is 4.95. The maximum atomic E-state index is 12.6. The van der Waals surface area contributed by atoms with E-state index in [1.165, 1.54) is 31.4 Å². The van der Waals surface area contributed by atoms with Crippen LogP contribution in [-0.4, -0.2) is 46.5 Å². The van der Waals surface area contributed by atoms with Gasteiger partial charge in [-0.05, 0) is 57.2 Å². The zero-order chi connectivity index (χ0) is 22.1. The highest BCUT2D eigenvalue weighted by Gasteiger charge is 2.41. The highest BCUT2D eigenvalue weighted by Crippen LogP contribution is 2.42. The topological polar surface area (TPSA) is 58.1 Å². The number of fused-ring (bicyclic) bond motifs is 3. The molecule has 1 amide bonds. The largest absolute Gasteiger partial charge is 0.354 e. The zero-order valence-corrected chi connectivity index (χ0v) is 20.5. The Kier molecular flexibility index (Phi) is 6.61. The molecule has 0 spiro atoms. The smallest absolute Gasteiger partial charge is 0.223 e. The standard InChI is InChI=1S/C26H33BrN4O/c1-17-29-24(21-9-5-6-10-23(21)27)14-25(30-17)22-16-31-12-11-19(22)13-20(31)15-28-26(32)18-7-3-2-4-8-18/h5-6,9-10,14,18-20,22H,2-4,7-8,11-13,15-16H2,1H3,(H,28,32)/t19-,20+,22-/m0/s1. The first kappa shape index (κ1) is 22.0. The van der Waals surface area contributed by atoms with Crippen LogP contribution in [-0.2, 0) is 4.79 Å². The molecular weight excluding hydrogens is 464 g/mol. The summed E-state index contributed by atoms with van der Waals surface area (Å²) in [5.41, 5.74) is 3.28. The number of benzene rings is 1. The van der Waals surface area contributed by atoms with Gasteiger partial charge in [0, 0.05) is 46.7 Å². The van der Waals surface area contributed by atoms with E-state index in [-0.39, 0.29) is 11.8 Å². The number of hydrogen-bond acceptors (Lipinski definition) is 4. The van der Waals surface area contributed by atoms with Crippen molar-refractivity contribution < 1.29 is 4.79 Å². The van der Waals surface area contributed by atoms with E-state index in [0.717, 1.165) is 60.5 Å². The molecule has 1 N–H and O–H groups in total. The van der Waals surface area contributed by atoms with Crippen molar-refractivity contribution in [3.63, 3.8) is 0 Å². The fourth-order valence-electron chi connectivity index (χ4n) is 6.00. The van der Waals surface area contributed by atoms with Gasteiger partial charge >= 0.3 is 0 Å². The van der Waals surface area contributed by atoms with E-state index in [1.807, 2.05) is 13.0 Å². The van der Waals surface area contributed by atoms with E-state index in [2.05, 4.69) is 50.4 Å². The second kappa shape index (κ2) is 9.60. The van der Waals surface area contributed by atoms with Crippen LogP contribution in [0.5, 0.6) is 0 Å². The predicted molar refractivity (Wildman–Crippen MR) is 130 cm³/mol. The molecule has 1 aromatic heterocycles. The van der Waals surface area contributed by atoms with Crippen LogP contribution in [0.3, 0.4) is 0 Å². The maximum Gasteiger partial charge on any atom is 0.223 e. The first-order chi connectivity index (χ1) is 15.6. The Hall–Kier alpha value is -1.79. The molecule has 1 aromatic carbocycles. The van der Waals surface area contributed by atoms with Crippen LogP contribution in [0.1, 0.15) is 62.4 Å². The number of carbonyl (C=O) groups excluding carboxylic acids is 1. The number of carbonyl (C=O) groups is 1. The third-order valence-corrected chi connectivity index (χ3v) is 8.45. The fraction of sp³-hybridized carbons (Fsp3) is 0.577. The second-order valence-electron chi connectivity index (χ2n) is 9.82. The summed E-state index contributed by atoms with van der Waals surface area (Å²) in [4.78, 5) is 24.8. The molecule has 4 fully saturated rings. The molecule has 1 unspecified atom stereocenters. The summed E-state index contributed by atoms with van der Waals surface area (Å²) >= 11 is 3.67. The normalized spacial score (nSPS) is 27.9. The molecule has 2 bridgehead atoms. The Morgan fingerprint density at radius 3 is 2.72 bits per heavy atom. The molecule has 1 saturated carbocycles. The Balaban J connectivity index is 1.27. The van der Waals surface area contributed by atoms with Gasteiger partial charge in [0.05, 0.1) is 5.69 Å². The molecule has 6 rings (SSSR count). The van der Waals surface area contributed by atoms with Gasteiger partial charge < -0.3 is 5.32 Å². The third-order valence-electron chi connectivity index (χ3n) is 7.75. The molecule has 4 atom stereocenters. The number of aromatic nitrogens is 2. The third kappa shape index (κ3) is 4.62. The molecule has 3 saturated heterocycles. The number of hydrogen-bond donors (Lipinski definition) is 1. The average molecular weight is 497 g/mol. The van der Waals surface area contributed by atoms with Crippen molar-refractivity contribution in [1.82, 2.24) is 20.2 Å². The molecule has 6 heteroatoms. The summed E-state index contributed by atoms with van der Waals surface area (Å²) in [6, 6.07) is 10.9. The lowest BCUT2D eigenvalue weighted by Gasteiger charge is -2.49. The van der Waals surface area contributed by atoms with E-state index >= 15 is 0 Å². The zero-order valence-electron chi connectivity index (χ0n) is 18.9. The number of nitrogens with zero attached hydrogens (tertiary/aromatic N) is 3. The minimum Gasteiger partial charge on any atom is -0.354 e. The SMILES string of the molecule is Cc1nc(-c2ccccc2Br)cc([C@H]2CN3CC[C@H]2C[C@@H]3CNC(=O)C2CCCCC2)n1. The van der Waals surface area contributed by atoms with Crippen molar-refractivity contribution in [2.45, 2.75) is 63.8 Å². The molecule has 32 heavy (non-hydrogen) atoms. The highest BCUT2D eigenvalue weighted by molar-refractivity contribution is 9.10. The number of piperidine rings is 3. The number of halogens is 1. The molecule has 2 aromatic rings. The van der Waals surface area contributed by atoms with Crippen molar-refractivity contribution in [3.05, 3.63) is 46.3 Å². The van der Waals surface area contributed by atoms with Gasteiger partial charge in [0.1, 0.15) is 5.82 Å². The van der Waals surface area contributed by atoms with Crippen LogP contribution in [0.25, 0.3) is 11.3 Å². The number of aryl methyl sites for hydroxylation is 1. The average Bonchev–Trinajstić information content (AvgIpc) is 2.83. The van der Waals surface area contributed by atoms with Gasteiger partial charge in [-0.15, -0.1) is 0 Å². The van der Waals surface area contributed by atoms with E-state index < -0.39 is 0 Å². The molecule has 5 nitrogen and oxygen atoms in total. The maximum absolute atomic E-state index is 12.6. The van der Waals surface area contributed by atoms with Gasteiger partial charge in [-0.1, -0.05) is 53.4 Å². The molecule has 3 aliphatic heterocycles. The fourth-order valence-corrected chi connectivity index (χ4v) is 6.49. The quantitative estimate of drug-likeness (QED) is 0.626. The Labute approximate surface area is 199 Å². The lowest BCUT2D eigenvalue weighted by atomic mass is 9.74. The van der Waals surface area contributed by atoms with Crippen LogP contribution in [0.2, 0.25) is 0 Å². The van der Waals surface area contributed by atoms with Crippen LogP contribution >= 0.6 is 15.9 Å². The lowest BCUT2D eigenvalue weighted by Crippen LogP contribution is -2.56. The lowest BCUT2D eigenvalue weighted by molar-refractivity contribution is -0.126. The minimum atomic E-state index is 0.243. The van der Waals surface area contributed by atoms with E-state index in [1.54, 1.807) is 0 Å². The summed E-state index contributed by atoms with van der Waals surface area (Å²) < 4.78 is 1.06. The Morgan fingerprint density at radius 1 is 1.16 bits per heavy atom. The molecule has 4 heterocycles. The summed E-state index contributed by atoms with van der Waals surface area (Å²) in [6.07, 6.45) is 8.19. The number of amides is 1.